The number of nitrogens with one attached hydrogen (secondary N) is 1. The molecule has 1 unspecified atom stereocenters. The Hall–Kier alpha value is -1.79. The van der Waals surface area contributed by atoms with Crippen LogP contribution in [-0.2, 0) is 14.3 Å². The van der Waals surface area contributed by atoms with Gasteiger partial charge in [0.25, 0.3) is 0 Å². The molecule has 98 valence electrons. The Labute approximate surface area is 99.7 Å². The molecule has 0 aliphatic heterocycles. The van der Waals surface area contributed by atoms with Gasteiger partial charge < -0.3 is 20.1 Å². The van der Waals surface area contributed by atoms with Gasteiger partial charge in [0.05, 0.1) is 13.0 Å². The first-order valence-electron chi connectivity index (χ1n) is 5.17. The molecule has 0 aliphatic carbocycles. The van der Waals surface area contributed by atoms with Crippen LogP contribution >= 0.6 is 0 Å². The third-order valence-corrected chi connectivity index (χ3v) is 2.22. The van der Waals surface area contributed by atoms with E-state index in [0.29, 0.717) is 6.42 Å². The molecule has 0 heterocycles. The van der Waals surface area contributed by atoms with E-state index in [1.807, 2.05) is 0 Å². The van der Waals surface area contributed by atoms with Crippen LogP contribution < -0.4 is 5.32 Å². The summed E-state index contributed by atoms with van der Waals surface area (Å²) in [5, 5.41) is 11.1. The van der Waals surface area contributed by atoms with E-state index < -0.39 is 23.9 Å². The second-order valence-corrected chi connectivity index (χ2v) is 3.69. The fourth-order valence-corrected chi connectivity index (χ4v) is 0.984. The molecule has 0 aromatic heterocycles. The lowest BCUT2D eigenvalue weighted by Crippen LogP contribution is -2.41. The molecule has 17 heavy (non-hydrogen) atoms. The van der Waals surface area contributed by atoms with E-state index in [1.165, 1.54) is 14.2 Å². The zero-order valence-electron chi connectivity index (χ0n) is 10.2. The van der Waals surface area contributed by atoms with Crippen molar-refractivity contribution < 1.29 is 24.2 Å². The highest BCUT2D eigenvalue weighted by Crippen LogP contribution is 1.99. The van der Waals surface area contributed by atoms with Crippen LogP contribution in [0, 0.1) is 5.92 Å². The van der Waals surface area contributed by atoms with Crippen molar-refractivity contribution in [1.29, 1.82) is 0 Å². The highest BCUT2D eigenvalue weighted by Gasteiger charge is 2.14. The molecule has 1 atom stereocenters. The van der Waals surface area contributed by atoms with Crippen LogP contribution in [0.15, 0.2) is 0 Å². The average Bonchev–Trinajstić information content (AvgIpc) is 2.28. The second kappa shape index (κ2) is 7.48. The number of carboxylic acid groups (broad SMARTS) is 1. The third-order valence-electron chi connectivity index (χ3n) is 2.22. The molecule has 0 fully saturated rings. The zero-order valence-corrected chi connectivity index (χ0v) is 10.2. The quantitative estimate of drug-likeness (QED) is 0.639. The minimum Gasteiger partial charge on any atom is -0.481 e. The number of carbonyl (C=O) groups excluding carboxylic acids is 2. The van der Waals surface area contributed by atoms with Gasteiger partial charge >= 0.3 is 18.0 Å². The van der Waals surface area contributed by atoms with Crippen LogP contribution in [0.25, 0.3) is 0 Å². The molecule has 0 saturated carbocycles. The highest BCUT2D eigenvalue weighted by molar-refractivity contribution is 5.80. The Morgan fingerprint density at radius 2 is 2.00 bits per heavy atom. The van der Waals surface area contributed by atoms with Gasteiger partial charge in [-0.1, -0.05) is 6.92 Å². The smallest absolute Gasteiger partial charge is 0.325 e. The van der Waals surface area contributed by atoms with Gasteiger partial charge in [-0.15, -0.1) is 0 Å². The normalized spacial score (nSPS) is 11.5. The Morgan fingerprint density at radius 1 is 1.41 bits per heavy atom. The minimum absolute atomic E-state index is 0.142. The van der Waals surface area contributed by atoms with E-state index >= 15 is 0 Å². The number of methoxy groups -OCH3 is 1. The molecule has 0 bridgehead atoms. The number of carboxylic acids is 1. The van der Waals surface area contributed by atoms with E-state index in [2.05, 4.69) is 10.1 Å². The molecular formula is C10H18N2O5. The number of likely N-dealkylation sites (N-methyl/N-ethyl adjacent to an activating group) is 1. The number of rotatable bonds is 6. The van der Waals surface area contributed by atoms with Crippen molar-refractivity contribution in [2.24, 2.45) is 5.92 Å². The number of hydrogen-bond donors (Lipinski definition) is 2. The summed E-state index contributed by atoms with van der Waals surface area (Å²) in [5.74, 6) is -1.93. The van der Waals surface area contributed by atoms with Gasteiger partial charge in [-0.05, 0) is 6.42 Å². The van der Waals surface area contributed by atoms with Crippen molar-refractivity contribution in [3.05, 3.63) is 0 Å². The molecule has 0 aliphatic rings. The molecule has 0 rings (SSSR count). The van der Waals surface area contributed by atoms with Gasteiger partial charge in [0.2, 0.25) is 0 Å². The van der Waals surface area contributed by atoms with Crippen LogP contribution in [0.1, 0.15) is 13.3 Å². The maximum absolute atomic E-state index is 11.4. The number of ether oxygens (including phenoxy) is 1. The number of hydrogen-bond acceptors (Lipinski definition) is 4. The van der Waals surface area contributed by atoms with Gasteiger partial charge in [0.1, 0.15) is 6.54 Å². The standard InChI is InChI=1S/C10H18N2O5/c1-7(9(14)15)4-5-11-10(16)12(2)6-8(13)17-3/h7H,4-6H2,1-3H3,(H,11,16)(H,14,15). The summed E-state index contributed by atoms with van der Waals surface area (Å²) >= 11 is 0. The Bertz CT molecular complexity index is 292. The van der Waals surface area contributed by atoms with Gasteiger partial charge in [-0.2, -0.15) is 0 Å². The SMILES string of the molecule is COC(=O)CN(C)C(=O)NCCC(C)C(=O)O. The number of nitrogens with zero attached hydrogens (tertiary/aromatic N) is 1. The molecule has 0 radical (unpaired) electrons. The summed E-state index contributed by atoms with van der Waals surface area (Å²) < 4.78 is 4.41. The monoisotopic (exact) mass is 246 g/mol. The lowest BCUT2D eigenvalue weighted by Gasteiger charge is -2.16. The largest absolute Gasteiger partial charge is 0.481 e. The molecule has 0 spiro atoms. The number of carbonyl (C=O) groups is 3. The van der Waals surface area contributed by atoms with Gasteiger partial charge in [-0.25, -0.2) is 4.79 Å². The average molecular weight is 246 g/mol. The zero-order chi connectivity index (χ0) is 13.4. The van der Waals surface area contributed by atoms with Crippen LogP contribution in [0.2, 0.25) is 0 Å². The van der Waals surface area contributed by atoms with E-state index in [4.69, 9.17) is 5.11 Å². The molecule has 7 nitrogen and oxygen atoms in total. The Kier molecular flexibility index (Phi) is 6.69. The molecular weight excluding hydrogens is 228 g/mol. The fraction of sp³-hybridized carbons (Fsp3) is 0.700. The molecule has 2 N–H and O–H groups in total. The lowest BCUT2D eigenvalue weighted by molar-refractivity contribution is -0.141. The summed E-state index contributed by atoms with van der Waals surface area (Å²) in [6.07, 6.45) is 0.340. The number of esters is 1. The summed E-state index contributed by atoms with van der Waals surface area (Å²) in [4.78, 5) is 34.0. The lowest BCUT2D eigenvalue weighted by atomic mass is 10.1. The predicted molar refractivity (Wildman–Crippen MR) is 59.5 cm³/mol. The number of urea groups is 1. The van der Waals surface area contributed by atoms with E-state index in [1.54, 1.807) is 6.92 Å². The van der Waals surface area contributed by atoms with Gasteiger partial charge in [0, 0.05) is 13.6 Å². The van der Waals surface area contributed by atoms with Crippen LogP contribution in [-0.4, -0.2) is 55.2 Å². The van der Waals surface area contributed by atoms with Crippen LogP contribution in [0.5, 0.6) is 0 Å². The predicted octanol–water partition coefficient (Wildman–Crippen LogP) is -0.0884. The number of aliphatic carboxylic acids is 1. The van der Waals surface area contributed by atoms with Crippen molar-refractivity contribution >= 4 is 18.0 Å². The van der Waals surface area contributed by atoms with Crippen molar-refractivity contribution in [2.75, 3.05) is 27.2 Å². The van der Waals surface area contributed by atoms with E-state index in [-0.39, 0.29) is 13.1 Å². The van der Waals surface area contributed by atoms with Crippen molar-refractivity contribution in [3.63, 3.8) is 0 Å². The third kappa shape index (κ3) is 6.39. The summed E-state index contributed by atoms with van der Waals surface area (Å²) in [5.41, 5.74) is 0. The summed E-state index contributed by atoms with van der Waals surface area (Å²) in [6.45, 7) is 1.67. The fourth-order valence-electron chi connectivity index (χ4n) is 0.984. The molecule has 0 aromatic rings. The van der Waals surface area contributed by atoms with Crippen molar-refractivity contribution in [2.45, 2.75) is 13.3 Å². The van der Waals surface area contributed by atoms with Gasteiger partial charge in [0.15, 0.2) is 0 Å². The van der Waals surface area contributed by atoms with Crippen LogP contribution in [0.3, 0.4) is 0 Å². The summed E-state index contributed by atoms with van der Waals surface area (Å²) in [7, 11) is 2.69. The summed E-state index contributed by atoms with van der Waals surface area (Å²) in [6, 6.07) is -0.437. The van der Waals surface area contributed by atoms with Gasteiger partial charge in [-0.3, -0.25) is 9.59 Å². The molecule has 0 aromatic carbocycles. The van der Waals surface area contributed by atoms with Crippen molar-refractivity contribution in [1.82, 2.24) is 10.2 Å². The number of amides is 2. The molecule has 2 amide bonds. The van der Waals surface area contributed by atoms with Crippen LogP contribution in [0.4, 0.5) is 4.79 Å². The van der Waals surface area contributed by atoms with Crippen molar-refractivity contribution in [3.8, 4) is 0 Å². The molecule has 0 saturated heterocycles. The topological polar surface area (TPSA) is 95.9 Å². The first-order valence-corrected chi connectivity index (χ1v) is 5.17. The van der Waals surface area contributed by atoms with E-state index in [0.717, 1.165) is 4.90 Å². The molecule has 7 heteroatoms. The minimum atomic E-state index is -0.901. The highest BCUT2D eigenvalue weighted by atomic mass is 16.5. The Balaban J connectivity index is 3.86. The maximum atomic E-state index is 11.4. The van der Waals surface area contributed by atoms with E-state index in [9.17, 15) is 14.4 Å². The Morgan fingerprint density at radius 3 is 2.47 bits per heavy atom. The first kappa shape index (κ1) is 15.2. The maximum Gasteiger partial charge on any atom is 0.325 e. The first-order chi connectivity index (χ1) is 7.88. The second-order valence-electron chi connectivity index (χ2n) is 3.69.